The van der Waals surface area contributed by atoms with Gasteiger partial charge in [0, 0.05) is 12.3 Å². The van der Waals surface area contributed by atoms with Gasteiger partial charge in [0.1, 0.15) is 12.1 Å². The maximum Gasteiger partial charge on any atom is 0.406 e. The number of esters is 1. The molecule has 1 aliphatic rings. The van der Waals surface area contributed by atoms with E-state index in [0.29, 0.717) is 16.3 Å². The van der Waals surface area contributed by atoms with Crippen molar-refractivity contribution in [3.8, 4) is 11.5 Å². The minimum atomic E-state index is -4.58. The standard InChI is InChI=1S/C13H8F3NO5.C8H7ClO2/c14-13(15,16)4-17-3-7(12(19)20)11(18)6-1-9-10(2-8(6)17)22-5-21-9;9-6-11-8(10)7-4-2-1-3-5-7/h1-3H,4-5H2,(H,19,20);1-5H,6H2. The summed E-state index contributed by atoms with van der Waals surface area (Å²) >= 11 is 5.20. The Hall–Kier alpha value is -3.73. The Labute approximate surface area is 188 Å². The summed E-state index contributed by atoms with van der Waals surface area (Å²) in [5.74, 6) is -1.60. The van der Waals surface area contributed by atoms with Crippen molar-refractivity contribution in [1.29, 1.82) is 0 Å². The Balaban J connectivity index is 0.000000235. The lowest BCUT2D eigenvalue weighted by Crippen LogP contribution is -2.23. The number of aromatic nitrogens is 1. The lowest BCUT2D eigenvalue weighted by Gasteiger charge is -2.14. The Kier molecular flexibility index (Phi) is 7.12. The first-order chi connectivity index (χ1) is 15.6. The quantitative estimate of drug-likeness (QED) is 0.439. The van der Waals surface area contributed by atoms with Gasteiger partial charge in [-0.15, -0.1) is 0 Å². The zero-order chi connectivity index (χ0) is 24.2. The van der Waals surface area contributed by atoms with Crippen LogP contribution in [0.1, 0.15) is 20.7 Å². The van der Waals surface area contributed by atoms with Gasteiger partial charge in [-0.05, 0) is 18.2 Å². The van der Waals surface area contributed by atoms with Crippen LogP contribution in [0.5, 0.6) is 11.5 Å². The molecule has 0 amide bonds. The number of ether oxygens (including phenoxy) is 3. The highest BCUT2D eigenvalue weighted by Gasteiger charge is 2.30. The number of nitrogens with zero attached hydrogens (tertiary/aromatic N) is 1. The molecule has 0 unspecified atom stereocenters. The van der Waals surface area contributed by atoms with Crippen molar-refractivity contribution in [1.82, 2.24) is 4.57 Å². The number of carbonyl (C=O) groups excluding carboxylic acids is 1. The summed E-state index contributed by atoms with van der Waals surface area (Å²) in [6, 6.07) is 11.0. The Bertz CT molecular complexity index is 1240. The van der Waals surface area contributed by atoms with Gasteiger partial charge in [-0.2, -0.15) is 13.2 Å². The summed E-state index contributed by atoms with van der Waals surface area (Å²) in [5, 5.41) is 8.82. The molecule has 2 heterocycles. The van der Waals surface area contributed by atoms with E-state index in [1.54, 1.807) is 24.3 Å². The van der Waals surface area contributed by atoms with Gasteiger partial charge >= 0.3 is 18.1 Å². The largest absolute Gasteiger partial charge is 0.477 e. The molecule has 4 rings (SSSR count). The van der Waals surface area contributed by atoms with Crippen molar-refractivity contribution in [3.63, 3.8) is 0 Å². The molecular formula is C21H15ClF3NO7. The van der Waals surface area contributed by atoms with Gasteiger partial charge in [0.15, 0.2) is 17.6 Å². The van der Waals surface area contributed by atoms with Crippen LogP contribution in [-0.2, 0) is 11.3 Å². The SMILES string of the molecule is O=C(O)c1cn(CC(F)(F)F)c2cc3c(cc2c1=O)OCO3.O=C(OCCl)c1ccccc1. The first kappa shape index (κ1) is 23.9. The molecule has 12 heteroatoms. The number of carboxylic acids is 1. The van der Waals surface area contributed by atoms with Crippen LogP contribution in [0, 0.1) is 0 Å². The normalized spacial score (nSPS) is 12.1. The Morgan fingerprint density at radius 1 is 1.12 bits per heavy atom. The van der Waals surface area contributed by atoms with Crippen LogP contribution in [0.3, 0.4) is 0 Å². The number of fused-ring (bicyclic) bond motifs is 2. The molecule has 1 aromatic heterocycles. The van der Waals surface area contributed by atoms with E-state index in [4.69, 9.17) is 26.2 Å². The molecule has 0 spiro atoms. The van der Waals surface area contributed by atoms with Gasteiger partial charge < -0.3 is 23.9 Å². The van der Waals surface area contributed by atoms with E-state index in [-0.39, 0.29) is 41.2 Å². The fourth-order valence-electron chi connectivity index (χ4n) is 2.96. The van der Waals surface area contributed by atoms with E-state index in [9.17, 15) is 27.6 Å². The first-order valence-electron chi connectivity index (χ1n) is 9.15. The molecule has 8 nitrogen and oxygen atoms in total. The lowest BCUT2D eigenvalue weighted by atomic mass is 10.1. The number of pyridine rings is 1. The summed E-state index contributed by atoms with van der Waals surface area (Å²) in [4.78, 5) is 34.1. The summed E-state index contributed by atoms with van der Waals surface area (Å²) in [5.41, 5.74) is -1.17. The first-order valence-corrected chi connectivity index (χ1v) is 9.69. The molecule has 1 aliphatic heterocycles. The van der Waals surface area contributed by atoms with Gasteiger partial charge in [-0.3, -0.25) is 4.79 Å². The fourth-order valence-corrected chi connectivity index (χ4v) is 3.06. The van der Waals surface area contributed by atoms with E-state index in [0.717, 1.165) is 0 Å². The van der Waals surface area contributed by atoms with Crippen LogP contribution in [0.4, 0.5) is 13.2 Å². The molecule has 3 aromatic rings. The molecule has 1 N–H and O–H groups in total. The lowest BCUT2D eigenvalue weighted by molar-refractivity contribution is -0.140. The average Bonchev–Trinajstić information content (AvgIpc) is 3.22. The number of alkyl halides is 4. The average molecular weight is 486 g/mol. The number of aromatic carboxylic acids is 1. The third-order valence-corrected chi connectivity index (χ3v) is 4.46. The van der Waals surface area contributed by atoms with Gasteiger partial charge in [-0.1, -0.05) is 29.8 Å². The monoisotopic (exact) mass is 485 g/mol. The van der Waals surface area contributed by atoms with E-state index in [2.05, 4.69) is 4.74 Å². The van der Waals surface area contributed by atoms with Crippen molar-refractivity contribution >= 4 is 34.4 Å². The zero-order valence-corrected chi connectivity index (χ0v) is 17.4. The summed E-state index contributed by atoms with van der Waals surface area (Å²) < 4.78 is 53.4. The second-order valence-electron chi connectivity index (χ2n) is 6.55. The molecule has 33 heavy (non-hydrogen) atoms. The van der Waals surface area contributed by atoms with Gasteiger partial charge in [0.05, 0.1) is 16.5 Å². The third kappa shape index (κ3) is 5.75. The predicted octanol–water partition coefficient (Wildman–Crippen LogP) is 4.03. The van der Waals surface area contributed by atoms with Crippen molar-refractivity contribution in [2.75, 3.05) is 12.9 Å². The van der Waals surface area contributed by atoms with E-state index < -0.39 is 29.7 Å². The number of rotatable bonds is 4. The smallest absolute Gasteiger partial charge is 0.406 e. The minimum absolute atomic E-state index is 0.0726. The molecule has 0 saturated carbocycles. The fraction of sp³-hybridized carbons (Fsp3) is 0.190. The number of benzene rings is 2. The predicted molar refractivity (Wildman–Crippen MR) is 110 cm³/mol. The molecule has 0 atom stereocenters. The van der Waals surface area contributed by atoms with Crippen molar-refractivity contribution in [2.45, 2.75) is 12.7 Å². The number of carbonyl (C=O) groups is 2. The van der Waals surface area contributed by atoms with Crippen molar-refractivity contribution in [3.05, 3.63) is 70.0 Å². The number of hydrogen-bond acceptors (Lipinski definition) is 6. The van der Waals surface area contributed by atoms with Crippen molar-refractivity contribution < 1.29 is 42.1 Å². The molecule has 174 valence electrons. The third-order valence-electron chi connectivity index (χ3n) is 4.35. The van der Waals surface area contributed by atoms with Gasteiger partial charge in [0.2, 0.25) is 12.2 Å². The van der Waals surface area contributed by atoms with E-state index in [1.165, 1.54) is 12.1 Å². The summed E-state index contributed by atoms with van der Waals surface area (Å²) in [7, 11) is 0. The van der Waals surface area contributed by atoms with Crippen LogP contribution < -0.4 is 14.9 Å². The number of carboxylic acid groups (broad SMARTS) is 1. The highest BCUT2D eigenvalue weighted by molar-refractivity contribution is 6.17. The Morgan fingerprint density at radius 3 is 2.33 bits per heavy atom. The van der Waals surface area contributed by atoms with Gasteiger partial charge in [-0.25, -0.2) is 9.59 Å². The molecule has 0 aliphatic carbocycles. The van der Waals surface area contributed by atoms with Crippen LogP contribution >= 0.6 is 11.6 Å². The topological polar surface area (TPSA) is 104 Å². The van der Waals surface area contributed by atoms with E-state index in [1.807, 2.05) is 6.07 Å². The second-order valence-corrected chi connectivity index (χ2v) is 6.77. The maximum atomic E-state index is 12.7. The van der Waals surface area contributed by atoms with Crippen molar-refractivity contribution in [2.24, 2.45) is 0 Å². The van der Waals surface area contributed by atoms with Crippen LogP contribution in [0.2, 0.25) is 0 Å². The number of hydrogen-bond donors (Lipinski definition) is 1. The molecule has 2 aromatic carbocycles. The molecule has 0 bridgehead atoms. The van der Waals surface area contributed by atoms with E-state index >= 15 is 0 Å². The maximum absolute atomic E-state index is 12.7. The zero-order valence-electron chi connectivity index (χ0n) is 16.6. The molecule has 0 radical (unpaired) electrons. The second kappa shape index (κ2) is 9.82. The summed E-state index contributed by atoms with van der Waals surface area (Å²) in [6.07, 6.45) is -3.89. The minimum Gasteiger partial charge on any atom is -0.477 e. The van der Waals surface area contributed by atoms with Crippen LogP contribution in [-0.4, -0.2) is 40.6 Å². The molecule has 0 saturated heterocycles. The summed E-state index contributed by atoms with van der Waals surface area (Å²) in [6.45, 7) is -1.55. The highest BCUT2D eigenvalue weighted by atomic mass is 35.5. The molecular weight excluding hydrogens is 471 g/mol. The Morgan fingerprint density at radius 2 is 1.76 bits per heavy atom. The van der Waals surface area contributed by atoms with Gasteiger partial charge in [0.25, 0.3) is 0 Å². The van der Waals surface area contributed by atoms with Crippen LogP contribution in [0.15, 0.2) is 53.5 Å². The highest BCUT2D eigenvalue weighted by Crippen LogP contribution is 2.35. The van der Waals surface area contributed by atoms with Crippen LogP contribution in [0.25, 0.3) is 10.9 Å². The number of halogens is 4. The molecule has 0 fully saturated rings.